The molecule has 0 aliphatic heterocycles. The molecule has 1 unspecified atom stereocenters. The lowest BCUT2D eigenvalue weighted by molar-refractivity contribution is -0.149. The fourth-order valence-electron chi connectivity index (χ4n) is 0.970. The zero-order valence-electron chi connectivity index (χ0n) is 5.46. The van der Waals surface area contributed by atoms with Crippen molar-refractivity contribution in [1.82, 2.24) is 0 Å². The molecule has 0 amide bonds. The first-order valence-corrected chi connectivity index (χ1v) is 3.09. The molecule has 52 valence electrons. The van der Waals surface area contributed by atoms with Gasteiger partial charge in [-0.05, 0) is 12.8 Å². The van der Waals surface area contributed by atoms with E-state index in [-0.39, 0.29) is 17.9 Å². The molecule has 0 spiro atoms. The molecule has 0 radical (unpaired) electrons. The largest absolute Gasteiger partial charge is 0.469 e. The van der Waals surface area contributed by atoms with Gasteiger partial charge in [0.1, 0.15) is 0 Å². The zero-order chi connectivity index (χ0) is 6.85. The van der Waals surface area contributed by atoms with E-state index < -0.39 is 0 Å². The molecule has 0 aromatic heterocycles. The van der Waals surface area contributed by atoms with Crippen molar-refractivity contribution >= 4 is 5.97 Å². The average molecular weight is 129 g/mol. The molecule has 0 heterocycles. The maximum atomic E-state index is 10.7. The van der Waals surface area contributed by atoms with Crippen LogP contribution in [0.4, 0.5) is 0 Å². The number of rotatable bonds is 1. The summed E-state index contributed by atoms with van der Waals surface area (Å²) in [5.74, 6) is -0.177. The standard InChI is InChI=1S/C6H11NO2/c1-9-6(8)4-2-3-5(4)7/h4-5H,2-3,7H2,1H3/t4-,5?/m1/s1. The predicted molar refractivity (Wildman–Crippen MR) is 32.7 cm³/mol. The Balaban J connectivity index is 2.35. The summed E-state index contributed by atoms with van der Waals surface area (Å²) >= 11 is 0. The Morgan fingerprint density at radius 3 is 2.44 bits per heavy atom. The highest BCUT2D eigenvalue weighted by Crippen LogP contribution is 2.25. The molecule has 3 heteroatoms. The van der Waals surface area contributed by atoms with Crippen LogP contribution in [-0.2, 0) is 9.53 Å². The van der Waals surface area contributed by atoms with E-state index >= 15 is 0 Å². The Bertz CT molecular complexity index is 124. The van der Waals surface area contributed by atoms with Gasteiger partial charge in [0.15, 0.2) is 0 Å². The lowest BCUT2D eigenvalue weighted by atomic mass is 9.80. The molecule has 3 nitrogen and oxygen atoms in total. The van der Waals surface area contributed by atoms with Crippen molar-refractivity contribution < 1.29 is 9.53 Å². The molecule has 0 saturated heterocycles. The monoisotopic (exact) mass is 129 g/mol. The van der Waals surface area contributed by atoms with Crippen LogP contribution in [-0.4, -0.2) is 19.1 Å². The van der Waals surface area contributed by atoms with Crippen LogP contribution in [0.3, 0.4) is 0 Å². The number of esters is 1. The van der Waals surface area contributed by atoms with E-state index in [2.05, 4.69) is 4.74 Å². The highest BCUT2D eigenvalue weighted by atomic mass is 16.5. The van der Waals surface area contributed by atoms with Crippen LogP contribution >= 0.6 is 0 Å². The Hall–Kier alpha value is -0.570. The summed E-state index contributed by atoms with van der Waals surface area (Å²) in [5, 5.41) is 0. The number of carbonyl (C=O) groups excluding carboxylic acids is 1. The van der Waals surface area contributed by atoms with E-state index in [0.29, 0.717) is 0 Å². The van der Waals surface area contributed by atoms with Crippen LogP contribution in [0, 0.1) is 5.92 Å². The van der Waals surface area contributed by atoms with Crippen molar-refractivity contribution in [2.45, 2.75) is 18.9 Å². The van der Waals surface area contributed by atoms with E-state index in [0.717, 1.165) is 12.8 Å². The molecular weight excluding hydrogens is 118 g/mol. The highest BCUT2D eigenvalue weighted by molar-refractivity contribution is 5.74. The second-order valence-corrected chi connectivity index (χ2v) is 2.37. The number of carbonyl (C=O) groups is 1. The van der Waals surface area contributed by atoms with Crippen molar-refractivity contribution in [1.29, 1.82) is 0 Å². The molecule has 2 atom stereocenters. The second kappa shape index (κ2) is 2.35. The van der Waals surface area contributed by atoms with Gasteiger partial charge in [-0.3, -0.25) is 4.79 Å². The summed E-state index contributed by atoms with van der Waals surface area (Å²) in [7, 11) is 1.40. The molecule has 0 bridgehead atoms. The van der Waals surface area contributed by atoms with Gasteiger partial charge >= 0.3 is 5.97 Å². The van der Waals surface area contributed by atoms with Crippen molar-refractivity contribution in [2.24, 2.45) is 11.7 Å². The predicted octanol–water partition coefficient (Wildman–Crippen LogP) is -0.103. The molecule has 1 aliphatic rings. The SMILES string of the molecule is COC(=O)[C@@H]1CCC1N. The van der Waals surface area contributed by atoms with Crippen molar-refractivity contribution in [3.63, 3.8) is 0 Å². The van der Waals surface area contributed by atoms with Crippen LogP contribution in [0.5, 0.6) is 0 Å². The summed E-state index contributed by atoms with van der Waals surface area (Å²) in [6.07, 6.45) is 1.85. The maximum absolute atomic E-state index is 10.7. The lowest BCUT2D eigenvalue weighted by Gasteiger charge is -2.30. The summed E-state index contributed by atoms with van der Waals surface area (Å²) in [5.41, 5.74) is 5.50. The molecule has 1 fully saturated rings. The van der Waals surface area contributed by atoms with E-state index in [1.807, 2.05) is 0 Å². The zero-order valence-corrected chi connectivity index (χ0v) is 5.46. The van der Waals surface area contributed by atoms with Gasteiger partial charge in [0, 0.05) is 6.04 Å². The summed E-state index contributed by atoms with van der Waals surface area (Å²) in [6, 6.07) is 0.0532. The molecule has 0 aromatic carbocycles. The number of nitrogens with two attached hydrogens (primary N) is 1. The molecule has 1 rings (SSSR count). The third-order valence-corrected chi connectivity index (χ3v) is 1.83. The Morgan fingerprint density at radius 2 is 2.33 bits per heavy atom. The number of ether oxygens (including phenoxy) is 1. The van der Waals surface area contributed by atoms with Gasteiger partial charge in [-0.1, -0.05) is 0 Å². The number of hydrogen-bond acceptors (Lipinski definition) is 3. The van der Waals surface area contributed by atoms with E-state index in [9.17, 15) is 4.79 Å². The van der Waals surface area contributed by atoms with Gasteiger partial charge in [-0.25, -0.2) is 0 Å². The molecule has 9 heavy (non-hydrogen) atoms. The maximum Gasteiger partial charge on any atom is 0.310 e. The van der Waals surface area contributed by atoms with Crippen LogP contribution in [0.25, 0.3) is 0 Å². The summed E-state index contributed by atoms with van der Waals surface area (Å²) in [6.45, 7) is 0. The van der Waals surface area contributed by atoms with Crippen molar-refractivity contribution in [3.8, 4) is 0 Å². The Labute approximate surface area is 54.2 Å². The minimum absolute atomic E-state index is 0.0185. The van der Waals surface area contributed by atoms with Crippen LogP contribution in [0.2, 0.25) is 0 Å². The average Bonchev–Trinajstić information content (AvgIpc) is 1.84. The normalized spacial score (nSPS) is 33.1. The molecule has 1 saturated carbocycles. The highest BCUT2D eigenvalue weighted by Gasteiger charge is 2.34. The van der Waals surface area contributed by atoms with E-state index in [1.165, 1.54) is 7.11 Å². The smallest absolute Gasteiger partial charge is 0.310 e. The first kappa shape index (κ1) is 6.55. The fourth-order valence-corrected chi connectivity index (χ4v) is 0.970. The van der Waals surface area contributed by atoms with Crippen molar-refractivity contribution in [2.75, 3.05) is 7.11 Å². The fraction of sp³-hybridized carbons (Fsp3) is 0.833. The number of methoxy groups -OCH3 is 1. The van der Waals surface area contributed by atoms with Crippen LogP contribution in [0.1, 0.15) is 12.8 Å². The third kappa shape index (κ3) is 1.05. The minimum Gasteiger partial charge on any atom is -0.469 e. The van der Waals surface area contributed by atoms with Gasteiger partial charge in [0.25, 0.3) is 0 Å². The molecular formula is C6H11NO2. The first-order chi connectivity index (χ1) is 4.25. The summed E-state index contributed by atoms with van der Waals surface area (Å²) < 4.78 is 4.51. The van der Waals surface area contributed by atoms with Crippen LogP contribution in [0.15, 0.2) is 0 Å². The third-order valence-electron chi connectivity index (χ3n) is 1.83. The Kier molecular flexibility index (Phi) is 1.71. The molecule has 2 N–H and O–H groups in total. The Morgan fingerprint density at radius 1 is 1.67 bits per heavy atom. The first-order valence-electron chi connectivity index (χ1n) is 3.09. The summed E-state index contributed by atoms with van der Waals surface area (Å²) in [4.78, 5) is 10.7. The minimum atomic E-state index is -0.159. The van der Waals surface area contributed by atoms with Gasteiger partial charge < -0.3 is 10.5 Å². The van der Waals surface area contributed by atoms with Gasteiger partial charge in [-0.2, -0.15) is 0 Å². The topological polar surface area (TPSA) is 52.3 Å². The quantitative estimate of drug-likeness (QED) is 0.503. The molecule has 1 aliphatic carbocycles. The van der Waals surface area contributed by atoms with Crippen LogP contribution < -0.4 is 5.73 Å². The van der Waals surface area contributed by atoms with Gasteiger partial charge in [0.05, 0.1) is 13.0 Å². The van der Waals surface area contributed by atoms with Crippen molar-refractivity contribution in [3.05, 3.63) is 0 Å². The number of hydrogen-bond donors (Lipinski definition) is 1. The lowest BCUT2D eigenvalue weighted by Crippen LogP contribution is -2.44. The van der Waals surface area contributed by atoms with E-state index in [1.54, 1.807) is 0 Å². The second-order valence-electron chi connectivity index (χ2n) is 2.37. The van der Waals surface area contributed by atoms with E-state index in [4.69, 9.17) is 5.73 Å². The molecule has 0 aromatic rings. The van der Waals surface area contributed by atoms with Gasteiger partial charge in [-0.15, -0.1) is 0 Å². The van der Waals surface area contributed by atoms with Gasteiger partial charge in [0.2, 0.25) is 0 Å².